The third kappa shape index (κ3) is 4.31. The molecule has 0 saturated carbocycles. The molecular weight excluding hydrogens is 368 g/mol. The van der Waals surface area contributed by atoms with Crippen molar-refractivity contribution in [1.82, 2.24) is 5.32 Å². The van der Waals surface area contributed by atoms with E-state index in [1.165, 1.54) is 27.5 Å². The van der Waals surface area contributed by atoms with E-state index in [9.17, 15) is 0 Å². The molecule has 0 radical (unpaired) electrons. The van der Waals surface area contributed by atoms with Crippen LogP contribution in [-0.2, 0) is 0 Å². The Balaban J connectivity index is 0.00000225. The smallest absolute Gasteiger partial charge is 0.132 e. The Morgan fingerprint density at radius 1 is 0.964 bits per heavy atom. The Bertz CT molecular complexity index is 980. The fourth-order valence-corrected chi connectivity index (χ4v) is 3.41. The van der Waals surface area contributed by atoms with Gasteiger partial charge >= 0.3 is 0 Å². The van der Waals surface area contributed by atoms with E-state index < -0.39 is 0 Å². The molecule has 3 nitrogen and oxygen atoms in total. The zero-order chi connectivity index (χ0) is 18.6. The first-order valence-corrected chi connectivity index (χ1v) is 9.81. The van der Waals surface area contributed by atoms with Crippen molar-refractivity contribution < 1.29 is 4.74 Å². The minimum Gasteiger partial charge on any atom is -0.493 e. The van der Waals surface area contributed by atoms with E-state index in [0.717, 1.165) is 49.7 Å². The lowest BCUT2D eigenvalue weighted by atomic mass is 9.98. The number of halogens is 1. The first-order valence-electron chi connectivity index (χ1n) is 9.81. The van der Waals surface area contributed by atoms with Crippen molar-refractivity contribution in [3.05, 3.63) is 65.7 Å². The van der Waals surface area contributed by atoms with Crippen molar-refractivity contribution in [2.45, 2.75) is 26.7 Å². The van der Waals surface area contributed by atoms with E-state index in [2.05, 4.69) is 78.8 Å². The Morgan fingerprint density at radius 2 is 1.75 bits per heavy atom. The summed E-state index contributed by atoms with van der Waals surface area (Å²) in [5.41, 5.74) is 4.82. The van der Waals surface area contributed by atoms with Gasteiger partial charge in [0.2, 0.25) is 0 Å². The van der Waals surface area contributed by atoms with Crippen LogP contribution in [0.15, 0.2) is 59.6 Å². The minimum absolute atomic E-state index is 0. The summed E-state index contributed by atoms with van der Waals surface area (Å²) in [6, 6.07) is 19.7. The molecule has 0 fully saturated rings. The summed E-state index contributed by atoms with van der Waals surface area (Å²) in [6.07, 6.45) is 2.19. The van der Waals surface area contributed by atoms with Gasteiger partial charge in [0.05, 0.1) is 18.7 Å². The highest BCUT2D eigenvalue weighted by atomic mass is 35.5. The van der Waals surface area contributed by atoms with Gasteiger partial charge in [0.25, 0.3) is 0 Å². The van der Waals surface area contributed by atoms with Gasteiger partial charge in [-0.05, 0) is 53.4 Å². The Labute approximate surface area is 173 Å². The van der Waals surface area contributed by atoms with Crippen molar-refractivity contribution in [2.75, 3.05) is 19.7 Å². The van der Waals surface area contributed by atoms with Crippen molar-refractivity contribution in [3.63, 3.8) is 0 Å². The summed E-state index contributed by atoms with van der Waals surface area (Å²) in [5.74, 6) is 1.87. The number of nitrogens with zero attached hydrogens (tertiary/aromatic N) is 1. The number of hydrogen-bond acceptors (Lipinski definition) is 3. The van der Waals surface area contributed by atoms with Gasteiger partial charge in [-0.25, -0.2) is 0 Å². The van der Waals surface area contributed by atoms with Gasteiger partial charge in [-0.1, -0.05) is 55.3 Å². The van der Waals surface area contributed by atoms with Crippen molar-refractivity contribution >= 4 is 29.0 Å². The standard InChI is InChI=1S/C24H26N2O.ClH/c1-3-4-13-27-23-16-20-10-9-19(18-7-5-17(2)6-8-18)14-21(20)15-22(23)24-25-11-12-26-24;/h5-10,14-16H,3-4,11-13H2,1-2H3,(H,25,26);1H. The van der Waals surface area contributed by atoms with E-state index in [-0.39, 0.29) is 12.4 Å². The minimum atomic E-state index is 0. The molecule has 1 aliphatic heterocycles. The molecule has 0 aromatic heterocycles. The Kier molecular flexibility index (Phi) is 6.58. The van der Waals surface area contributed by atoms with Gasteiger partial charge in [0.15, 0.2) is 0 Å². The average molecular weight is 395 g/mol. The first kappa shape index (κ1) is 20.2. The van der Waals surface area contributed by atoms with Crippen molar-refractivity contribution in [1.29, 1.82) is 0 Å². The highest BCUT2D eigenvalue weighted by Crippen LogP contribution is 2.31. The zero-order valence-corrected chi connectivity index (χ0v) is 17.3. The number of nitrogens with one attached hydrogen (secondary N) is 1. The molecule has 1 N–H and O–H groups in total. The lowest BCUT2D eigenvalue weighted by molar-refractivity contribution is 0.309. The van der Waals surface area contributed by atoms with Crippen LogP contribution in [0.3, 0.4) is 0 Å². The number of rotatable bonds is 6. The number of aliphatic imine (C=N–C) groups is 1. The fourth-order valence-electron chi connectivity index (χ4n) is 3.41. The van der Waals surface area contributed by atoms with E-state index in [1.54, 1.807) is 0 Å². The predicted octanol–water partition coefficient (Wildman–Crippen LogP) is 5.77. The molecule has 0 atom stereocenters. The highest BCUT2D eigenvalue weighted by molar-refractivity contribution is 6.06. The highest BCUT2D eigenvalue weighted by Gasteiger charge is 2.15. The molecular formula is C24H27ClN2O. The number of hydrogen-bond donors (Lipinski definition) is 1. The van der Waals surface area contributed by atoms with Gasteiger partial charge in [-0.3, -0.25) is 4.99 Å². The number of fused-ring (bicyclic) bond motifs is 1. The molecule has 0 amide bonds. The number of amidine groups is 1. The maximum Gasteiger partial charge on any atom is 0.132 e. The van der Waals surface area contributed by atoms with Crippen LogP contribution < -0.4 is 10.1 Å². The summed E-state index contributed by atoms with van der Waals surface area (Å²) in [6.45, 7) is 6.76. The van der Waals surface area contributed by atoms with Gasteiger partial charge < -0.3 is 10.1 Å². The van der Waals surface area contributed by atoms with Gasteiger partial charge in [-0.2, -0.15) is 0 Å². The second kappa shape index (κ2) is 9.11. The first-order chi connectivity index (χ1) is 13.2. The maximum absolute atomic E-state index is 6.11. The van der Waals surface area contributed by atoms with Crippen LogP contribution in [0.4, 0.5) is 0 Å². The Hall–Kier alpha value is -2.52. The molecule has 146 valence electrons. The second-order valence-electron chi connectivity index (χ2n) is 7.14. The molecule has 0 spiro atoms. The van der Waals surface area contributed by atoms with E-state index >= 15 is 0 Å². The number of ether oxygens (including phenoxy) is 1. The number of unbranched alkanes of at least 4 members (excludes halogenated alkanes) is 1. The van der Waals surface area contributed by atoms with Gasteiger partial charge in [0.1, 0.15) is 11.6 Å². The summed E-state index contributed by atoms with van der Waals surface area (Å²) in [5, 5.41) is 5.80. The quantitative estimate of drug-likeness (QED) is 0.539. The van der Waals surface area contributed by atoms with Crippen LogP contribution in [0, 0.1) is 6.92 Å². The van der Waals surface area contributed by atoms with Crippen LogP contribution in [0.2, 0.25) is 0 Å². The monoisotopic (exact) mass is 394 g/mol. The third-order valence-electron chi connectivity index (χ3n) is 5.01. The van der Waals surface area contributed by atoms with Crippen molar-refractivity contribution in [3.8, 4) is 16.9 Å². The largest absolute Gasteiger partial charge is 0.493 e. The molecule has 4 rings (SSSR count). The lowest BCUT2D eigenvalue weighted by Gasteiger charge is -2.14. The predicted molar refractivity (Wildman–Crippen MR) is 121 cm³/mol. The maximum atomic E-state index is 6.11. The second-order valence-corrected chi connectivity index (χ2v) is 7.14. The Morgan fingerprint density at radius 3 is 2.46 bits per heavy atom. The van der Waals surface area contributed by atoms with Crippen LogP contribution in [0.25, 0.3) is 21.9 Å². The van der Waals surface area contributed by atoms with Gasteiger partial charge in [0, 0.05) is 6.54 Å². The molecule has 1 aliphatic rings. The van der Waals surface area contributed by atoms with Crippen LogP contribution >= 0.6 is 12.4 Å². The molecule has 28 heavy (non-hydrogen) atoms. The third-order valence-corrected chi connectivity index (χ3v) is 5.01. The van der Waals surface area contributed by atoms with E-state index in [4.69, 9.17) is 4.74 Å². The zero-order valence-electron chi connectivity index (χ0n) is 16.5. The van der Waals surface area contributed by atoms with E-state index in [1.807, 2.05) is 0 Å². The number of benzene rings is 3. The average Bonchev–Trinajstić information content (AvgIpc) is 3.22. The van der Waals surface area contributed by atoms with Crippen LogP contribution in [0.5, 0.6) is 5.75 Å². The number of aryl methyl sites for hydroxylation is 1. The SMILES string of the molecule is CCCCOc1cc2ccc(-c3ccc(C)cc3)cc2cc1C1=NCCN1.Cl. The molecule has 0 aliphatic carbocycles. The fraction of sp³-hybridized carbons (Fsp3) is 0.292. The van der Waals surface area contributed by atoms with Crippen molar-refractivity contribution in [2.24, 2.45) is 4.99 Å². The molecule has 0 bridgehead atoms. The normalized spacial score (nSPS) is 13.0. The van der Waals surface area contributed by atoms with Gasteiger partial charge in [-0.15, -0.1) is 12.4 Å². The molecule has 3 aromatic rings. The molecule has 3 aromatic carbocycles. The lowest BCUT2D eigenvalue weighted by Crippen LogP contribution is -2.20. The summed E-state index contributed by atoms with van der Waals surface area (Å²) in [4.78, 5) is 4.62. The molecule has 4 heteroatoms. The summed E-state index contributed by atoms with van der Waals surface area (Å²) < 4.78 is 6.11. The summed E-state index contributed by atoms with van der Waals surface area (Å²) >= 11 is 0. The molecule has 0 unspecified atom stereocenters. The molecule has 1 heterocycles. The van der Waals surface area contributed by atoms with Crippen LogP contribution in [-0.4, -0.2) is 25.5 Å². The van der Waals surface area contributed by atoms with E-state index in [0.29, 0.717) is 0 Å². The topological polar surface area (TPSA) is 33.6 Å². The summed E-state index contributed by atoms with van der Waals surface area (Å²) in [7, 11) is 0. The van der Waals surface area contributed by atoms with Crippen LogP contribution in [0.1, 0.15) is 30.9 Å². The molecule has 0 saturated heterocycles.